The number of nitrogens with zero attached hydrogens (tertiary/aromatic N) is 2. The summed E-state index contributed by atoms with van der Waals surface area (Å²) >= 11 is 6.09. The molecule has 3 rings (SSSR count). The van der Waals surface area contributed by atoms with Gasteiger partial charge in [0.25, 0.3) is 0 Å². The zero-order valence-electron chi connectivity index (χ0n) is 13.6. The van der Waals surface area contributed by atoms with Crippen molar-refractivity contribution in [2.24, 2.45) is 0 Å². The van der Waals surface area contributed by atoms with Crippen LogP contribution in [0.2, 0.25) is 5.15 Å². The number of thiol groups is 1. The lowest BCUT2D eigenvalue weighted by Gasteiger charge is -2.14. The van der Waals surface area contributed by atoms with E-state index in [1.54, 1.807) is 30.3 Å². The Bertz CT molecular complexity index is 1030. The summed E-state index contributed by atoms with van der Waals surface area (Å²) in [5, 5.41) is -0.315. The molecule has 4 nitrogen and oxygen atoms in total. The molecule has 1 aromatic heterocycles. The first-order valence-corrected chi connectivity index (χ1v) is 9.41. The topological polar surface area (TPSA) is 59.9 Å². The van der Waals surface area contributed by atoms with Crippen LogP contribution in [0, 0.1) is 0 Å². The van der Waals surface area contributed by atoms with Gasteiger partial charge in [-0.3, -0.25) is 0 Å². The molecule has 0 atom stereocenters. The van der Waals surface area contributed by atoms with Crippen molar-refractivity contribution in [3.63, 3.8) is 0 Å². The smallest absolute Gasteiger partial charge is 0.232 e. The maximum atomic E-state index is 13.2. The molecule has 0 N–H and O–H groups in total. The van der Waals surface area contributed by atoms with E-state index in [0.717, 1.165) is 0 Å². The molecular weight excluding hydrogens is 401 g/mol. The molecule has 1 heterocycles. The summed E-state index contributed by atoms with van der Waals surface area (Å²) in [5.74, 6) is -1.49. The van der Waals surface area contributed by atoms with Crippen molar-refractivity contribution < 1.29 is 21.6 Å². The molecule has 0 saturated heterocycles. The second-order valence-corrected chi connectivity index (χ2v) is 6.95. The molecule has 0 aliphatic rings. The standard InChI is InChI=1S/C18H12ClF3N2O2S/c19-16-14(12-4-2-1-3-5-12)15(23-17(24-16)18(20,21)22)13-8-6-11(7-9-13)10-27(25)26/h1-9,27H,10H2. The number of halogens is 4. The quantitative estimate of drug-likeness (QED) is 0.503. The van der Waals surface area contributed by atoms with Gasteiger partial charge in [-0.05, 0) is 11.1 Å². The number of hydrogen-bond acceptors (Lipinski definition) is 4. The van der Waals surface area contributed by atoms with Gasteiger partial charge in [0, 0.05) is 11.1 Å². The highest BCUT2D eigenvalue weighted by Crippen LogP contribution is 2.38. The summed E-state index contributed by atoms with van der Waals surface area (Å²) < 4.78 is 61.1. The van der Waals surface area contributed by atoms with E-state index < -0.39 is 22.7 Å². The largest absolute Gasteiger partial charge is 0.451 e. The van der Waals surface area contributed by atoms with Gasteiger partial charge in [-0.15, -0.1) is 0 Å². The van der Waals surface area contributed by atoms with Gasteiger partial charge in [0.15, 0.2) is 0 Å². The molecule has 0 fully saturated rings. The van der Waals surface area contributed by atoms with Crippen LogP contribution in [0.1, 0.15) is 11.4 Å². The highest BCUT2D eigenvalue weighted by Gasteiger charge is 2.36. The molecule has 0 bridgehead atoms. The minimum Gasteiger partial charge on any atom is -0.232 e. The number of alkyl halides is 3. The summed E-state index contributed by atoms with van der Waals surface area (Å²) in [4.78, 5) is 7.12. The van der Waals surface area contributed by atoms with E-state index in [1.165, 1.54) is 24.3 Å². The molecule has 2 aromatic carbocycles. The van der Waals surface area contributed by atoms with E-state index in [4.69, 9.17) is 11.6 Å². The molecule has 0 aliphatic carbocycles. The molecule has 0 amide bonds. The van der Waals surface area contributed by atoms with E-state index in [-0.39, 0.29) is 22.2 Å². The minimum atomic E-state index is -4.76. The average molecular weight is 413 g/mol. The molecule has 0 unspecified atom stereocenters. The number of benzene rings is 2. The predicted octanol–water partition coefficient (Wildman–Crippen LogP) is 4.59. The molecule has 0 saturated carbocycles. The highest BCUT2D eigenvalue weighted by molar-refractivity contribution is 7.71. The predicted molar refractivity (Wildman–Crippen MR) is 96.9 cm³/mol. The fraction of sp³-hybridized carbons (Fsp3) is 0.111. The van der Waals surface area contributed by atoms with Crippen LogP contribution >= 0.6 is 11.6 Å². The summed E-state index contributed by atoms with van der Waals surface area (Å²) in [7, 11) is -2.60. The molecule has 0 aliphatic heterocycles. The van der Waals surface area contributed by atoms with Crippen LogP contribution in [-0.2, 0) is 22.6 Å². The monoisotopic (exact) mass is 412 g/mol. The summed E-state index contributed by atoms with van der Waals surface area (Å²) in [6.45, 7) is 0. The maximum absolute atomic E-state index is 13.2. The maximum Gasteiger partial charge on any atom is 0.451 e. The van der Waals surface area contributed by atoms with Crippen molar-refractivity contribution in [3.8, 4) is 22.4 Å². The van der Waals surface area contributed by atoms with Crippen molar-refractivity contribution >= 4 is 22.3 Å². The zero-order valence-corrected chi connectivity index (χ0v) is 15.2. The van der Waals surface area contributed by atoms with Crippen LogP contribution in [-0.4, -0.2) is 18.4 Å². The second-order valence-electron chi connectivity index (χ2n) is 5.61. The first kappa shape index (κ1) is 19.3. The lowest BCUT2D eigenvalue weighted by Crippen LogP contribution is -2.12. The lowest BCUT2D eigenvalue weighted by atomic mass is 10.00. The Kier molecular flexibility index (Phi) is 5.48. The second kappa shape index (κ2) is 7.66. The Hall–Kier alpha value is -2.45. The molecule has 0 radical (unpaired) electrons. The Morgan fingerprint density at radius 2 is 1.52 bits per heavy atom. The summed E-state index contributed by atoms with van der Waals surface area (Å²) in [6, 6.07) is 14.7. The van der Waals surface area contributed by atoms with Gasteiger partial charge >= 0.3 is 6.18 Å². The third kappa shape index (κ3) is 4.45. The molecule has 3 aromatic rings. The SMILES string of the molecule is O=[SH](=O)Cc1ccc(-c2nc(C(F)(F)F)nc(Cl)c2-c2ccccc2)cc1. The van der Waals surface area contributed by atoms with Gasteiger partial charge in [0.2, 0.25) is 5.82 Å². The Morgan fingerprint density at radius 1 is 0.889 bits per heavy atom. The molecule has 9 heteroatoms. The van der Waals surface area contributed by atoms with Gasteiger partial charge in [-0.1, -0.05) is 66.2 Å². The Morgan fingerprint density at radius 3 is 2.07 bits per heavy atom. The van der Waals surface area contributed by atoms with Crippen LogP contribution in [0.3, 0.4) is 0 Å². The first-order chi connectivity index (χ1) is 12.8. The minimum absolute atomic E-state index is 0.0200. The number of aromatic nitrogens is 2. The van der Waals surface area contributed by atoms with Gasteiger partial charge < -0.3 is 0 Å². The highest BCUT2D eigenvalue weighted by atomic mass is 35.5. The first-order valence-electron chi connectivity index (χ1n) is 7.67. The number of hydrogen-bond donors (Lipinski definition) is 1. The van der Waals surface area contributed by atoms with Crippen LogP contribution in [0.25, 0.3) is 22.4 Å². The van der Waals surface area contributed by atoms with Gasteiger partial charge in [0.05, 0.1) is 11.4 Å². The van der Waals surface area contributed by atoms with Crippen LogP contribution in [0.5, 0.6) is 0 Å². The van der Waals surface area contributed by atoms with Crippen molar-refractivity contribution in [1.29, 1.82) is 0 Å². The van der Waals surface area contributed by atoms with E-state index >= 15 is 0 Å². The van der Waals surface area contributed by atoms with Crippen molar-refractivity contribution in [1.82, 2.24) is 9.97 Å². The average Bonchev–Trinajstić information content (AvgIpc) is 2.61. The van der Waals surface area contributed by atoms with Crippen molar-refractivity contribution in [3.05, 3.63) is 71.1 Å². The summed E-state index contributed by atoms with van der Waals surface area (Å²) in [5.41, 5.74) is 1.75. The van der Waals surface area contributed by atoms with Crippen LogP contribution in [0.4, 0.5) is 13.2 Å². The van der Waals surface area contributed by atoms with Gasteiger partial charge in [-0.25, -0.2) is 18.4 Å². The van der Waals surface area contributed by atoms with Gasteiger partial charge in [0.1, 0.15) is 15.9 Å². The molecule has 0 spiro atoms. The fourth-order valence-electron chi connectivity index (χ4n) is 2.55. The van der Waals surface area contributed by atoms with E-state index in [1.807, 2.05) is 0 Å². The van der Waals surface area contributed by atoms with Crippen molar-refractivity contribution in [2.45, 2.75) is 11.9 Å². The number of rotatable bonds is 4. The van der Waals surface area contributed by atoms with E-state index in [9.17, 15) is 21.6 Å². The normalized spacial score (nSPS) is 11.7. The van der Waals surface area contributed by atoms with Crippen molar-refractivity contribution in [2.75, 3.05) is 0 Å². The molecule has 27 heavy (non-hydrogen) atoms. The summed E-state index contributed by atoms with van der Waals surface area (Å²) in [6.07, 6.45) is -4.76. The molecule has 140 valence electrons. The van der Waals surface area contributed by atoms with E-state index in [0.29, 0.717) is 16.7 Å². The van der Waals surface area contributed by atoms with Gasteiger partial charge in [-0.2, -0.15) is 13.2 Å². The molecular formula is C18H12ClF3N2O2S. The van der Waals surface area contributed by atoms with Crippen LogP contribution < -0.4 is 0 Å². The van der Waals surface area contributed by atoms with E-state index in [2.05, 4.69) is 9.97 Å². The fourth-order valence-corrected chi connectivity index (χ4v) is 3.33. The Balaban J connectivity index is 2.21. The zero-order chi connectivity index (χ0) is 19.6. The third-order valence-electron chi connectivity index (χ3n) is 3.72. The third-order valence-corrected chi connectivity index (χ3v) is 4.62. The Labute approximate surface area is 159 Å². The van der Waals surface area contributed by atoms with Crippen LogP contribution in [0.15, 0.2) is 54.6 Å². The lowest BCUT2D eigenvalue weighted by molar-refractivity contribution is -0.144.